The fourth-order valence-electron chi connectivity index (χ4n) is 1.47. The third-order valence-corrected chi connectivity index (χ3v) is 4.87. The molecule has 1 fully saturated rings. The average Bonchev–Trinajstić information content (AvgIpc) is 2.70. The van der Waals surface area contributed by atoms with Crippen LogP contribution >= 0.6 is 21.8 Å². The van der Waals surface area contributed by atoms with Gasteiger partial charge in [-0.15, -0.1) is 0 Å². The van der Waals surface area contributed by atoms with Crippen LogP contribution in [0.15, 0.2) is 24.3 Å². The molecular formula is C11H12N2O2S2. The van der Waals surface area contributed by atoms with Crippen molar-refractivity contribution in [1.29, 1.82) is 5.41 Å². The lowest BCUT2D eigenvalue weighted by atomic mass is 10.2. The molecule has 6 heteroatoms. The Balaban J connectivity index is 2.20. The molecule has 17 heavy (non-hydrogen) atoms. The van der Waals surface area contributed by atoms with Crippen molar-refractivity contribution in [3.8, 4) is 0 Å². The van der Waals surface area contributed by atoms with Gasteiger partial charge in [0.15, 0.2) is 5.25 Å². The van der Waals surface area contributed by atoms with Gasteiger partial charge < -0.3 is 4.74 Å². The minimum absolute atomic E-state index is 0.262. The first-order chi connectivity index (χ1) is 8.13. The molecular weight excluding hydrogens is 256 g/mol. The lowest BCUT2D eigenvalue weighted by Gasteiger charge is -2.16. The van der Waals surface area contributed by atoms with Gasteiger partial charge in [0, 0.05) is 11.0 Å². The van der Waals surface area contributed by atoms with Crippen LogP contribution in [-0.4, -0.2) is 24.2 Å². The summed E-state index contributed by atoms with van der Waals surface area (Å²) in [6, 6.07) is 7.85. The Kier molecular flexibility index (Phi) is 3.63. The number of esters is 1. The average molecular weight is 268 g/mol. The van der Waals surface area contributed by atoms with Gasteiger partial charge in [0.1, 0.15) is 5.84 Å². The summed E-state index contributed by atoms with van der Waals surface area (Å²) in [5.74, 6) is -0.111. The molecule has 1 unspecified atom stereocenters. The number of methoxy groups -OCH3 is 1. The van der Waals surface area contributed by atoms with Gasteiger partial charge in [-0.2, -0.15) is 0 Å². The number of carbonyl (C=O) groups is 1. The van der Waals surface area contributed by atoms with Crippen LogP contribution in [0.4, 0.5) is 5.69 Å². The zero-order valence-corrected chi connectivity index (χ0v) is 11.1. The highest BCUT2D eigenvalue weighted by Crippen LogP contribution is 2.43. The van der Waals surface area contributed by atoms with E-state index in [0.717, 1.165) is 11.3 Å². The fourth-order valence-corrected chi connectivity index (χ4v) is 3.99. The van der Waals surface area contributed by atoms with Crippen molar-refractivity contribution in [2.45, 2.75) is 12.2 Å². The molecule has 1 aromatic carbocycles. The topological polar surface area (TPSA) is 53.4 Å². The molecule has 0 radical (unpaired) electrons. The van der Waals surface area contributed by atoms with Crippen molar-refractivity contribution in [1.82, 2.24) is 0 Å². The highest BCUT2D eigenvalue weighted by Gasteiger charge is 2.37. The van der Waals surface area contributed by atoms with Gasteiger partial charge in [-0.3, -0.25) is 14.5 Å². The molecule has 0 aromatic heterocycles. The zero-order chi connectivity index (χ0) is 12.4. The van der Waals surface area contributed by atoms with E-state index in [9.17, 15) is 4.79 Å². The molecule has 0 spiro atoms. The van der Waals surface area contributed by atoms with E-state index in [1.807, 2.05) is 31.2 Å². The minimum Gasteiger partial charge on any atom is -0.468 e. The highest BCUT2D eigenvalue weighted by molar-refractivity contribution is 8.78. The van der Waals surface area contributed by atoms with E-state index in [4.69, 9.17) is 5.41 Å². The van der Waals surface area contributed by atoms with Crippen molar-refractivity contribution < 1.29 is 9.53 Å². The van der Waals surface area contributed by atoms with E-state index < -0.39 is 5.25 Å². The Hall–Kier alpha value is -1.14. The van der Waals surface area contributed by atoms with Crippen LogP contribution in [-0.2, 0) is 9.53 Å². The monoisotopic (exact) mass is 268 g/mol. The first kappa shape index (κ1) is 12.3. The molecule has 0 aliphatic carbocycles. The van der Waals surface area contributed by atoms with E-state index in [-0.39, 0.29) is 11.8 Å². The normalized spacial score (nSPS) is 19.5. The summed E-state index contributed by atoms with van der Waals surface area (Å²) < 4.78 is 6.42. The molecule has 1 N–H and O–H groups in total. The van der Waals surface area contributed by atoms with Crippen molar-refractivity contribution in [3.63, 3.8) is 0 Å². The van der Waals surface area contributed by atoms with E-state index in [2.05, 4.69) is 4.74 Å². The first-order valence-corrected chi connectivity index (χ1v) is 7.17. The molecule has 2 rings (SSSR count). The Labute approximate surface area is 108 Å². The van der Waals surface area contributed by atoms with Crippen LogP contribution in [0.2, 0.25) is 0 Å². The van der Waals surface area contributed by atoms with Crippen molar-refractivity contribution in [2.24, 2.45) is 0 Å². The molecule has 0 bridgehead atoms. The smallest absolute Gasteiger partial charge is 0.327 e. The summed E-state index contributed by atoms with van der Waals surface area (Å²) in [7, 11) is 4.07. The van der Waals surface area contributed by atoms with Crippen LogP contribution < -0.4 is 4.31 Å². The molecule has 0 amide bonds. The number of hydrogen-bond acceptors (Lipinski definition) is 5. The third-order valence-electron chi connectivity index (χ3n) is 2.33. The molecule has 4 nitrogen and oxygen atoms in total. The summed E-state index contributed by atoms with van der Waals surface area (Å²) in [6.07, 6.45) is 0. The lowest BCUT2D eigenvalue weighted by molar-refractivity contribution is -0.138. The summed E-state index contributed by atoms with van der Waals surface area (Å²) in [5, 5.41) is 7.45. The fraction of sp³-hybridized carbons (Fsp3) is 0.273. The number of amidine groups is 1. The van der Waals surface area contributed by atoms with Crippen molar-refractivity contribution in [2.75, 3.05) is 11.4 Å². The second kappa shape index (κ2) is 5.01. The molecule has 90 valence electrons. The van der Waals surface area contributed by atoms with Gasteiger partial charge in [-0.25, -0.2) is 0 Å². The molecule has 1 heterocycles. The zero-order valence-electron chi connectivity index (χ0n) is 9.47. The maximum absolute atomic E-state index is 11.4. The van der Waals surface area contributed by atoms with E-state index in [0.29, 0.717) is 0 Å². The van der Waals surface area contributed by atoms with Gasteiger partial charge in [0.2, 0.25) is 0 Å². The van der Waals surface area contributed by atoms with Crippen LogP contribution in [0.1, 0.15) is 5.56 Å². The first-order valence-electron chi connectivity index (χ1n) is 5.00. The third kappa shape index (κ3) is 2.42. The van der Waals surface area contributed by atoms with Gasteiger partial charge in [0.25, 0.3) is 0 Å². The Morgan fingerprint density at radius 3 is 2.94 bits per heavy atom. The number of anilines is 1. The number of aryl methyl sites for hydroxylation is 1. The van der Waals surface area contributed by atoms with Crippen LogP contribution in [0.5, 0.6) is 0 Å². The number of carbonyl (C=O) groups excluding carboxylic acids is 1. The lowest BCUT2D eigenvalue weighted by Crippen LogP contribution is -2.31. The van der Waals surface area contributed by atoms with E-state index in [1.165, 1.54) is 28.9 Å². The van der Waals surface area contributed by atoms with Crippen LogP contribution in [0.3, 0.4) is 0 Å². The predicted molar refractivity (Wildman–Crippen MR) is 72.4 cm³/mol. The molecule has 0 saturated carbocycles. The Morgan fingerprint density at radius 1 is 1.53 bits per heavy atom. The molecule has 1 atom stereocenters. The number of benzene rings is 1. The maximum Gasteiger partial charge on any atom is 0.327 e. The second-order valence-corrected chi connectivity index (χ2v) is 5.80. The summed E-state index contributed by atoms with van der Waals surface area (Å²) in [5.41, 5.74) is 2.04. The second-order valence-electron chi connectivity index (χ2n) is 3.59. The predicted octanol–water partition coefficient (Wildman–Crippen LogP) is 2.63. The minimum atomic E-state index is -0.537. The SMILES string of the molecule is COC(=O)C1SSN(c2cccc(C)c2)C1=N. The number of hydrogen-bond donors (Lipinski definition) is 1. The largest absolute Gasteiger partial charge is 0.468 e. The number of rotatable bonds is 2. The van der Waals surface area contributed by atoms with Gasteiger partial charge >= 0.3 is 5.97 Å². The van der Waals surface area contributed by atoms with Crippen molar-refractivity contribution in [3.05, 3.63) is 29.8 Å². The van der Waals surface area contributed by atoms with Crippen LogP contribution in [0, 0.1) is 12.3 Å². The van der Waals surface area contributed by atoms with Gasteiger partial charge in [0.05, 0.1) is 12.8 Å². The summed E-state index contributed by atoms with van der Waals surface area (Å²) >= 11 is 0. The van der Waals surface area contributed by atoms with E-state index >= 15 is 0 Å². The Morgan fingerprint density at radius 2 is 2.29 bits per heavy atom. The highest BCUT2D eigenvalue weighted by atomic mass is 33.1. The summed E-state index contributed by atoms with van der Waals surface area (Å²) in [4.78, 5) is 11.4. The van der Waals surface area contributed by atoms with Crippen LogP contribution in [0.25, 0.3) is 0 Å². The molecule has 1 aromatic rings. The maximum atomic E-state index is 11.4. The van der Waals surface area contributed by atoms with Gasteiger partial charge in [-0.1, -0.05) is 12.1 Å². The van der Waals surface area contributed by atoms with Gasteiger partial charge in [-0.05, 0) is 35.4 Å². The molecule has 1 aliphatic rings. The standard InChI is InChI=1S/C11H12N2O2S2/c1-7-4-3-5-8(6-7)13-10(12)9(16-17-13)11(14)15-2/h3-6,9,12H,1-2H3. The summed E-state index contributed by atoms with van der Waals surface area (Å²) in [6.45, 7) is 2.00. The number of ether oxygens (including phenoxy) is 1. The van der Waals surface area contributed by atoms with E-state index in [1.54, 1.807) is 4.31 Å². The molecule has 1 aliphatic heterocycles. The number of nitrogens with one attached hydrogen (secondary N) is 1. The molecule has 1 saturated heterocycles. The quantitative estimate of drug-likeness (QED) is 0.507. The van der Waals surface area contributed by atoms with Crippen molar-refractivity contribution >= 4 is 39.3 Å². The Bertz CT molecular complexity index is 465. The number of nitrogens with zero attached hydrogens (tertiary/aromatic N) is 1.